The Kier molecular flexibility index (Phi) is 6.65. The van der Waals surface area contributed by atoms with E-state index in [1.165, 1.54) is 19.3 Å². The third-order valence-electron chi connectivity index (χ3n) is 3.80. The summed E-state index contributed by atoms with van der Waals surface area (Å²) in [5, 5.41) is 12.3. The quantitative estimate of drug-likeness (QED) is 0.755. The smallest absolute Gasteiger partial charge is 0.234 e. The third kappa shape index (κ3) is 5.83. The van der Waals surface area contributed by atoms with Crippen molar-refractivity contribution in [2.45, 2.75) is 58.1 Å². The SMILES string of the molecule is CC(O)CCN(C)CC(=O)NC1CCCCC1C. The number of carbonyl (C=O) groups excluding carboxylic acids is 1. The van der Waals surface area contributed by atoms with Gasteiger partial charge in [-0.2, -0.15) is 0 Å². The molecular formula is C14H28N2O2. The molecule has 0 aromatic carbocycles. The number of rotatable bonds is 6. The van der Waals surface area contributed by atoms with Crippen LogP contribution in [0.15, 0.2) is 0 Å². The van der Waals surface area contributed by atoms with E-state index in [-0.39, 0.29) is 12.0 Å². The lowest BCUT2D eigenvalue weighted by Crippen LogP contribution is -2.45. The zero-order chi connectivity index (χ0) is 13.5. The van der Waals surface area contributed by atoms with Crippen molar-refractivity contribution in [3.05, 3.63) is 0 Å². The van der Waals surface area contributed by atoms with Gasteiger partial charge in [0.05, 0.1) is 12.6 Å². The average Bonchev–Trinajstić information content (AvgIpc) is 2.29. The molecule has 0 heterocycles. The molecule has 0 aromatic rings. The van der Waals surface area contributed by atoms with E-state index < -0.39 is 0 Å². The lowest BCUT2D eigenvalue weighted by Gasteiger charge is -2.30. The molecule has 1 amide bonds. The number of likely N-dealkylation sites (N-methyl/N-ethyl adjacent to an activating group) is 1. The van der Waals surface area contributed by atoms with Crippen LogP contribution >= 0.6 is 0 Å². The Morgan fingerprint density at radius 1 is 1.44 bits per heavy atom. The summed E-state index contributed by atoms with van der Waals surface area (Å²) in [5.41, 5.74) is 0. The largest absolute Gasteiger partial charge is 0.393 e. The molecule has 106 valence electrons. The van der Waals surface area contributed by atoms with Gasteiger partial charge in [-0.25, -0.2) is 0 Å². The average molecular weight is 256 g/mol. The molecule has 0 bridgehead atoms. The second-order valence-corrected chi connectivity index (χ2v) is 5.81. The normalized spacial score (nSPS) is 26.1. The highest BCUT2D eigenvalue weighted by atomic mass is 16.3. The number of carbonyl (C=O) groups is 1. The standard InChI is InChI=1S/C14H28N2O2/c1-11-6-4-5-7-13(11)15-14(18)10-16(3)9-8-12(2)17/h11-13,17H,4-10H2,1-3H3,(H,15,18). The highest BCUT2D eigenvalue weighted by molar-refractivity contribution is 5.78. The van der Waals surface area contributed by atoms with E-state index in [1.807, 2.05) is 11.9 Å². The summed E-state index contributed by atoms with van der Waals surface area (Å²) in [6.07, 6.45) is 5.28. The first-order valence-electron chi connectivity index (χ1n) is 7.15. The molecule has 0 spiro atoms. The van der Waals surface area contributed by atoms with Gasteiger partial charge in [-0.05, 0) is 39.2 Å². The van der Waals surface area contributed by atoms with E-state index >= 15 is 0 Å². The number of nitrogens with zero attached hydrogens (tertiary/aromatic N) is 1. The van der Waals surface area contributed by atoms with Crippen molar-refractivity contribution in [1.29, 1.82) is 0 Å². The van der Waals surface area contributed by atoms with Crippen LogP contribution < -0.4 is 5.32 Å². The van der Waals surface area contributed by atoms with Gasteiger partial charge in [0.1, 0.15) is 0 Å². The molecule has 4 heteroatoms. The Balaban J connectivity index is 2.23. The highest BCUT2D eigenvalue weighted by Crippen LogP contribution is 2.23. The predicted molar refractivity (Wildman–Crippen MR) is 73.4 cm³/mol. The fraction of sp³-hybridized carbons (Fsp3) is 0.929. The molecule has 1 aliphatic rings. The van der Waals surface area contributed by atoms with Crippen molar-refractivity contribution in [2.75, 3.05) is 20.1 Å². The zero-order valence-electron chi connectivity index (χ0n) is 12.0. The minimum atomic E-state index is -0.297. The Hall–Kier alpha value is -0.610. The van der Waals surface area contributed by atoms with Crippen LogP contribution in [0.2, 0.25) is 0 Å². The third-order valence-corrected chi connectivity index (χ3v) is 3.80. The summed E-state index contributed by atoms with van der Waals surface area (Å²) in [7, 11) is 1.92. The molecule has 1 saturated carbocycles. The molecule has 0 aliphatic heterocycles. The number of amides is 1. The van der Waals surface area contributed by atoms with E-state index in [0.29, 0.717) is 24.9 Å². The van der Waals surface area contributed by atoms with Crippen LogP contribution in [0.5, 0.6) is 0 Å². The molecule has 18 heavy (non-hydrogen) atoms. The van der Waals surface area contributed by atoms with E-state index in [1.54, 1.807) is 6.92 Å². The summed E-state index contributed by atoms with van der Waals surface area (Å²) >= 11 is 0. The molecule has 0 saturated heterocycles. The summed E-state index contributed by atoms with van der Waals surface area (Å²) < 4.78 is 0. The Morgan fingerprint density at radius 3 is 2.72 bits per heavy atom. The second-order valence-electron chi connectivity index (χ2n) is 5.81. The van der Waals surface area contributed by atoms with Crippen molar-refractivity contribution in [1.82, 2.24) is 10.2 Å². The van der Waals surface area contributed by atoms with E-state index in [0.717, 1.165) is 13.0 Å². The number of nitrogens with one attached hydrogen (secondary N) is 1. The van der Waals surface area contributed by atoms with Gasteiger partial charge in [0.25, 0.3) is 0 Å². The van der Waals surface area contributed by atoms with Gasteiger partial charge in [-0.1, -0.05) is 19.8 Å². The second kappa shape index (κ2) is 7.74. The molecule has 1 fully saturated rings. The Labute approximate surface area is 111 Å². The maximum Gasteiger partial charge on any atom is 0.234 e. The molecule has 3 unspecified atom stereocenters. The van der Waals surface area contributed by atoms with Crippen LogP contribution in [0.1, 0.15) is 46.0 Å². The minimum absolute atomic E-state index is 0.113. The van der Waals surface area contributed by atoms with Gasteiger partial charge in [-0.3, -0.25) is 9.69 Å². The van der Waals surface area contributed by atoms with Crippen LogP contribution in [-0.4, -0.2) is 48.2 Å². The summed E-state index contributed by atoms with van der Waals surface area (Å²) in [4.78, 5) is 13.9. The first-order chi connectivity index (χ1) is 8.49. The molecule has 2 N–H and O–H groups in total. The van der Waals surface area contributed by atoms with Crippen LogP contribution in [0.25, 0.3) is 0 Å². The topological polar surface area (TPSA) is 52.6 Å². The van der Waals surface area contributed by atoms with E-state index in [2.05, 4.69) is 12.2 Å². The van der Waals surface area contributed by atoms with Crippen LogP contribution in [0.3, 0.4) is 0 Å². The first-order valence-corrected chi connectivity index (χ1v) is 7.15. The molecular weight excluding hydrogens is 228 g/mol. The van der Waals surface area contributed by atoms with Crippen molar-refractivity contribution in [3.8, 4) is 0 Å². The summed E-state index contributed by atoms with van der Waals surface area (Å²) in [5.74, 6) is 0.715. The molecule has 0 radical (unpaired) electrons. The Morgan fingerprint density at radius 2 is 2.11 bits per heavy atom. The summed E-state index contributed by atoms with van der Waals surface area (Å²) in [6, 6.07) is 0.358. The number of aliphatic hydroxyl groups excluding tert-OH is 1. The lowest BCUT2D eigenvalue weighted by atomic mass is 9.86. The number of hydrogen-bond donors (Lipinski definition) is 2. The van der Waals surface area contributed by atoms with Gasteiger partial charge < -0.3 is 10.4 Å². The van der Waals surface area contributed by atoms with Crippen LogP contribution in [-0.2, 0) is 4.79 Å². The van der Waals surface area contributed by atoms with Crippen molar-refractivity contribution >= 4 is 5.91 Å². The van der Waals surface area contributed by atoms with Crippen molar-refractivity contribution in [3.63, 3.8) is 0 Å². The maximum atomic E-state index is 11.9. The zero-order valence-corrected chi connectivity index (χ0v) is 12.0. The molecule has 0 aromatic heterocycles. The van der Waals surface area contributed by atoms with Crippen LogP contribution in [0.4, 0.5) is 0 Å². The summed E-state index contributed by atoms with van der Waals surface area (Å²) in [6.45, 7) is 5.18. The molecule has 1 aliphatic carbocycles. The van der Waals surface area contributed by atoms with E-state index in [4.69, 9.17) is 0 Å². The van der Waals surface area contributed by atoms with Gasteiger partial charge in [0, 0.05) is 12.6 Å². The monoisotopic (exact) mass is 256 g/mol. The van der Waals surface area contributed by atoms with Crippen molar-refractivity contribution < 1.29 is 9.90 Å². The van der Waals surface area contributed by atoms with Gasteiger partial charge in [-0.15, -0.1) is 0 Å². The number of hydrogen-bond acceptors (Lipinski definition) is 3. The first kappa shape index (κ1) is 15.4. The van der Waals surface area contributed by atoms with Gasteiger partial charge >= 0.3 is 0 Å². The Bertz CT molecular complexity index is 256. The number of aliphatic hydroxyl groups is 1. The lowest BCUT2D eigenvalue weighted by molar-refractivity contribution is -0.123. The van der Waals surface area contributed by atoms with Gasteiger partial charge in [0.2, 0.25) is 5.91 Å². The molecule has 4 nitrogen and oxygen atoms in total. The predicted octanol–water partition coefficient (Wildman–Crippen LogP) is 1.38. The fourth-order valence-corrected chi connectivity index (χ4v) is 2.51. The highest BCUT2D eigenvalue weighted by Gasteiger charge is 2.22. The van der Waals surface area contributed by atoms with Crippen LogP contribution in [0, 0.1) is 5.92 Å². The fourth-order valence-electron chi connectivity index (χ4n) is 2.51. The maximum absolute atomic E-state index is 11.9. The minimum Gasteiger partial charge on any atom is -0.393 e. The molecule has 3 atom stereocenters. The van der Waals surface area contributed by atoms with Gasteiger partial charge in [0.15, 0.2) is 0 Å². The van der Waals surface area contributed by atoms with E-state index in [9.17, 15) is 9.90 Å². The molecule has 1 rings (SSSR count). The van der Waals surface area contributed by atoms with Crippen molar-refractivity contribution in [2.24, 2.45) is 5.92 Å².